The van der Waals surface area contributed by atoms with Crippen molar-refractivity contribution in [2.75, 3.05) is 13.1 Å². The van der Waals surface area contributed by atoms with Gasteiger partial charge in [-0.05, 0) is 13.0 Å². The summed E-state index contributed by atoms with van der Waals surface area (Å²) >= 11 is 0. The molecule has 0 spiro atoms. The van der Waals surface area contributed by atoms with Crippen LogP contribution < -0.4 is 5.32 Å². The smallest absolute Gasteiger partial charge is 0.121 e. The van der Waals surface area contributed by atoms with Crippen molar-refractivity contribution in [1.29, 1.82) is 0 Å². The molecule has 0 radical (unpaired) electrons. The zero-order valence-electron chi connectivity index (χ0n) is 6.99. The van der Waals surface area contributed by atoms with Crippen molar-refractivity contribution in [3.63, 3.8) is 0 Å². The van der Waals surface area contributed by atoms with Crippen molar-refractivity contribution in [2.24, 2.45) is 7.05 Å². The van der Waals surface area contributed by atoms with Gasteiger partial charge in [0.1, 0.15) is 5.60 Å². The molecule has 5 nitrogen and oxygen atoms in total. The molecule has 0 bridgehead atoms. The Morgan fingerprint density at radius 1 is 1.75 bits per heavy atom. The molecule has 1 aliphatic rings. The van der Waals surface area contributed by atoms with E-state index in [0.717, 1.165) is 18.7 Å². The van der Waals surface area contributed by atoms with Crippen molar-refractivity contribution in [3.05, 3.63) is 11.9 Å². The van der Waals surface area contributed by atoms with Crippen molar-refractivity contribution in [2.45, 2.75) is 12.0 Å². The second-order valence-electron chi connectivity index (χ2n) is 3.20. The van der Waals surface area contributed by atoms with Crippen LogP contribution in [0.5, 0.6) is 0 Å². The van der Waals surface area contributed by atoms with E-state index in [1.165, 1.54) is 0 Å². The quantitative estimate of drug-likeness (QED) is 0.564. The number of β-amino-alcohol motifs (C(OH)–C–C–N with tert-alkyl or cyclic N) is 1. The normalized spacial score (nSPS) is 29.5. The zero-order chi connectivity index (χ0) is 8.60. The van der Waals surface area contributed by atoms with Gasteiger partial charge in [0.25, 0.3) is 0 Å². The minimum atomic E-state index is -0.766. The third kappa shape index (κ3) is 1.02. The molecule has 66 valence electrons. The third-order valence-electron chi connectivity index (χ3n) is 2.32. The maximum Gasteiger partial charge on any atom is 0.121 e. The number of nitrogens with zero attached hydrogens (tertiary/aromatic N) is 3. The predicted octanol–water partition coefficient (Wildman–Crippen LogP) is -1.00. The Kier molecular flexibility index (Phi) is 1.62. The average molecular weight is 168 g/mol. The lowest BCUT2D eigenvalue weighted by Crippen LogP contribution is -2.30. The van der Waals surface area contributed by atoms with Crippen molar-refractivity contribution in [1.82, 2.24) is 20.3 Å². The van der Waals surface area contributed by atoms with Gasteiger partial charge in [-0.2, -0.15) is 0 Å². The van der Waals surface area contributed by atoms with Gasteiger partial charge in [-0.3, -0.25) is 0 Å². The predicted molar refractivity (Wildman–Crippen MR) is 42.4 cm³/mol. The summed E-state index contributed by atoms with van der Waals surface area (Å²) in [5.41, 5.74) is 0.0191. The van der Waals surface area contributed by atoms with E-state index in [4.69, 9.17) is 0 Å². The molecule has 1 aromatic heterocycles. The Balaban J connectivity index is 2.34. The zero-order valence-corrected chi connectivity index (χ0v) is 6.99. The summed E-state index contributed by atoms with van der Waals surface area (Å²) in [6.45, 7) is 1.44. The molecule has 1 saturated heterocycles. The Morgan fingerprint density at radius 2 is 2.58 bits per heavy atom. The first-order chi connectivity index (χ1) is 5.72. The molecule has 2 rings (SSSR count). The van der Waals surface area contributed by atoms with Crippen LogP contribution in [-0.4, -0.2) is 33.2 Å². The monoisotopic (exact) mass is 168 g/mol. The van der Waals surface area contributed by atoms with Crippen molar-refractivity contribution < 1.29 is 5.11 Å². The minimum Gasteiger partial charge on any atom is -0.382 e. The van der Waals surface area contributed by atoms with E-state index in [-0.39, 0.29) is 0 Å². The first-order valence-electron chi connectivity index (χ1n) is 4.01. The number of hydrogen-bond acceptors (Lipinski definition) is 4. The van der Waals surface area contributed by atoms with Gasteiger partial charge in [0, 0.05) is 13.6 Å². The Morgan fingerprint density at radius 3 is 3.08 bits per heavy atom. The van der Waals surface area contributed by atoms with Crippen molar-refractivity contribution >= 4 is 0 Å². The number of rotatable bonds is 1. The number of aryl methyl sites for hydroxylation is 1. The number of aromatic nitrogens is 3. The van der Waals surface area contributed by atoms with Crippen LogP contribution in [-0.2, 0) is 12.6 Å². The van der Waals surface area contributed by atoms with E-state index in [1.807, 2.05) is 0 Å². The van der Waals surface area contributed by atoms with Crippen LogP contribution in [0, 0.1) is 0 Å². The average Bonchev–Trinajstić information content (AvgIpc) is 2.59. The first kappa shape index (κ1) is 7.70. The molecule has 0 saturated carbocycles. The maximum atomic E-state index is 10.1. The Hall–Kier alpha value is -0.940. The molecular formula is C7H12N4O. The molecule has 5 heteroatoms. The largest absolute Gasteiger partial charge is 0.382 e. The summed E-state index contributed by atoms with van der Waals surface area (Å²) in [4.78, 5) is 0. The van der Waals surface area contributed by atoms with Gasteiger partial charge in [-0.15, -0.1) is 5.10 Å². The van der Waals surface area contributed by atoms with Gasteiger partial charge in [-0.25, -0.2) is 4.68 Å². The van der Waals surface area contributed by atoms with Gasteiger partial charge in [0.2, 0.25) is 0 Å². The second-order valence-corrected chi connectivity index (χ2v) is 3.20. The molecule has 2 N–H and O–H groups in total. The van der Waals surface area contributed by atoms with E-state index in [2.05, 4.69) is 15.6 Å². The van der Waals surface area contributed by atoms with E-state index in [0.29, 0.717) is 6.54 Å². The van der Waals surface area contributed by atoms with Crippen LogP contribution in [0.25, 0.3) is 0 Å². The van der Waals surface area contributed by atoms with Gasteiger partial charge >= 0.3 is 0 Å². The standard InChI is InChI=1S/C7H12N4O/c1-11-6(4-9-10-11)7(12)2-3-8-5-7/h4,8,12H,2-3,5H2,1H3. The van der Waals surface area contributed by atoms with Crippen LogP contribution >= 0.6 is 0 Å². The highest BCUT2D eigenvalue weighted by molar-refractivity contribution is 5.11. The van der Waals surface area contributed by atoms with Gasteiger partial charge in [-0.1, -0.05) is 5.21 Å². The molecule has 1 aromatic rings. The molecular weight excluding hydrogens is 156 g/mol. The summed E-state index contributed by atoms with van der Waals surface area (Å²) in [7, 11) is 1.79. The minimum absolute atomic E-state index is 0.591. The second kappa shape index (κ2) is 2.53. The molecule has 0 amide bonds. The summed E-state index contributed by atoms with van der Waals surface area (Å²) in [5.74, 6) is 0. The molecule has 0 aliphatic carbocycles. The third-order valence-corrected chi connectivity index (χ3v) is 2.32. The number of nitrogens with one attached hydrogen (secondary N) is 1. The topological polar surface area (TPSA) is 63.0 Å². The molecule has 1 aliphatic heterocycles. The lowest BCUT2D eigenvalue weighted by Gasteiger charge is -2.19. The highest BCUT2D eigenvalue weighted by Crippen LogP contribution is 2.25. The molecule has 1 unspecified atom stereocenters. The highest BCUT2D eigenvalue weighted by Gasteiger charge is 2.35. The fourth-order valence-corrected chi connectivity index (χ4v) is 1.61. The molecule has 0 aromatic carbocycles. The highest BCUT2D eigenvalue weighted by atomic mass is 16.3. The van der Waals surface area contributed by atoms with Gasteiger partial charge in [0.05, 0.1) is 11.9 Å². The number of hydrogen-bond donors (Lipinski definition) is 2. The van der Waals surface area contributed by atoms with Gasteiger partial charge in [0.15, 0.2) is 0 Å². The Bertz CT molecular complexity index is 277. The van der Waals surface area contributed by atoms with E-state index in [1.54, 1.807) is 17.9 Å². The van der Waals surface area contributed by atoms with Gasteiger partial charge < -0.3 is 10.4 Å². The van der Waals surface area contributed by atoms with E-state index in [9.17, 15) is 5.11 Å². The summed E-state index contributed by atoms with van der Waals surface area (Å²) in [5, 5.41) is 20.7. The van der Waals surface area contributed by atoms with Crippen LogP contribution in [0.2, 0.25) is 0 Å². The van der Waals surface area contributed by atoms with Crippen LogP contribution in [0.15, 0.2) is 6.20 Å². The maximum absolute atomic E-state index is 10.1. The van der Waals surface area contributed by atoms with Crippen LogP contribution in [0.3, 0.4) is 0 Å². The summed E-state index contributed by atoms with van der Waals surface area (Å²) in [6, 6.07) is 0. The number of aliphatic hydroxyl groups is 1. The van der Waals surface area contributed by atoms with Crippen molar-refractivity contribution in [3.8, 4) is 0 Å². The molecule has 12 heavy (non-hydrogen) atoms. The van der Waals surface area contributed by atoms with Crippen LogP contribution in [0.1, 0.15) is 12.1 Å². The fraction of sp³-hybridized carbons (Fsp3) is 0.714. The molecule has 1 atom stereocenters. The Labute approximate surface area is 70.4 Å². The summed E-state index contributed by atoms with van der Waals surface area (Å²) in [6.07, 6.45) is 2.35. The van der Waals surface area contributed by atoms with E-state index < -0.39 is 5.60 Å². The molecule has 2 heterocycles. The lowest BCUT2D eigenvalue weighted by atomic mass is 10.00. The fourth-order valence-electron chi connectivity index (χ4n) is 1.61. The first-order valence-corrected chi connectivity index (χ1v) is 4.01. The SMILES string of the molecule is Cn1nncc1C1(O)CCNC1. The summed E-state index contributed by atoms with van der Waals surface area (Å²) < 4.78 is 1.62. The lowest BCUT2D eigenvalue weighted by molar-refractivity contribution is 0.0501. The van der Waals surface area contributed by atoms with E-state index >= 15 is 0 Å². The van der Waals surface area contributed by atoms with Crippen LogP contribution in [0.4, 0.5) is 0 Å². The molecule has 1 fully saturated rings.